The normalized spacial score (nSPS) is 11.8. The Balaban J connectivity index is 2.28. The highest BCUT2D eigenvalue weighted by atomic mass is 16.6. The number of benzene rings is 1. The Morgan fingerprint density at radius 3 is 2.36 bits per heavy atom. The van der Waals surface area contributed by atoms with E-state index in [0.717, 1.165) is 0 Å². The van der Waals surface area contributed by atoms with Crippen molar-refractivity contribution in [2.45, 2.75) is 26.9 Å². The summed E-state index contributed by atoms with van der Waals surface area (Å²) in [6.45, 7) is 5.07. The van der Waals surface area contributed by atoms with E-state index in [4.69, 9.17) is 4.74 Å². The van der Waals surface area contributed by atoms with Crippen LogP contribution < -0.4 is 4.74 Å². The van der Waals surface area contributed by atoms with Gasteiger partial charge in [0.15, 0.2) is 11.9 Å². The van der Waals surface area contributed by atoms with Gasteiger partial charge in [-0.15, -0.1) is 0 Å². The molecule has 7 heteroatoms. The van der Waals surface area contributed by atoms with E-state index >= 15 is 0 Å². The number of ether oxygens (including phenoxy) is 2. The summed E-state index contributed by atoms with van der Waals surface area (Å²) < 4.78 is 9.98. The Hall–Kier alpha value is -2.70. The van der Waals surface area contributed by atoms with Crippen LogP contribution in [0.5, 0.6) is 11.5 Å². The monoisotopic (exact) mass is 303 g/mol. The smallest absolute Gasteiger partial charge is 0.346 e. The quantitative estimate of drug-likeness (QED) is 0.860. The summed E-state index contributed by atoms with van der Waals surface area (Å²) in [6, 6.07) is 4.66. The first kappa shape index (κ1) is 15.7. The molecule has 22 heavy (non-hydrogen) atoms. The molecule has 0 saturated carbocycles. The Morgan fingerprint density at radius 1 is 1.18 bits per heavy atom. The molecule has 0 spiro atoms. The summed E-state index contributed by atoms with van der Waals surface area (Å²) in [5, 5.41) is 10.1. The fraction of sp³-hybridized carbons (Fsp3) is 0.333. The molecular weight excluding hydrogens is 286 g/mol. The van der Waals surface area contributed by atoms with Crippen LogP contribution >= 0.6 is 0 Å². The van der Waals surface area contributed by atoms with Crippen molar-refractivity contribution in [2.75, 3.05) is 7.11 Å². The van der Waals surface area contributed by atoms with E-state index in [1.54, 1.807) is 32.9 Å². The highest BCUT2D eigenvalue weighted by Gasteiger charge is 2.16. The summed E-state index contributed by atoms with van der Waals surface area (Å²) in [5.74, 6) is 1.34. The van der Waals surface area contributed by atoms with Crippen molar-refractivity contribution < 1.29 is 19.4 Å². The molecule has 0 aliphatic heterocycles. The van der Waals surface area contributed by atoms with Gasteiger partial charge in [0.1, 0.15) is 23.1 Å². The number of esters is 1. The van der Waals surface area contributed by atoms with Gasteiger partial charge in [-0.2, -0.15) is 0 Å². The molecule has 0 aliphatic carbocycles. The minimum Gasteiger partial charge on any atom is -0.507 e. The minimum absolute atomic E-state index is 0.0421. The zero-order valence-corrected chi connectivity index (χ0v) is 12.8. The van der Waals surface area contributed by atoms with Crippen molar-refractivity contribution >= 4 is 5.97 Å². The van der Waals surface area contributed by atoms with Crippen molar-refractivity contribution in [3.8, 4) is 22.9 Å². The van der Waals surface area contributed by atoms with Crippen molar-refractivity contribution in [3.63, 3.8) is 0 Å². The maximum atomic E-state index is 11.3. The Kier molecular flexibility index (Phi) is 4.55. The van der Waals surface area contributed by atoms with Crippen molar-refractivity contribution in [2.24, 2.45) is 0 Å². The zero-order valence-electron chi connectivity index (χ0n) is 12.8. The first-order valence-corrected chi connectivity index (χ1v) is 6.68. The molecule has 1 heterocycles. The molecule has 1 atom stereocenters. The van der Waals surface area contributed by atoms with Gasteiger partial charge in [0, 0.05) is 6.07 Å². The molecule has 2 aromatic rings. The van der Waals surface area contributed by atoms with E-state index < -0.39 is 12.1 Å². The molecule has 0 saturated heterocycles. The zero-order chi connectivity index (χ0) is 16.3. The molecule has 1 aromatic heterocycles. The van der Waals surface area contributed by atoms with Crippen molar-refractivity contribution in [1.29, 1.82) is 0 Å². The molecule has 2 rings (SSSR count). The standard InChI is InChI=1S/C15H17N3O4/c1-8(15(20)21-4)22-11-5-6-12(13(19)7-11)14-17-9(2)16-10(3)18-14/h5-8,19H,1-4H3. The predicted octanol–water partition coefficient (Wildman–Crippen LogP) is 1.80. The Bertz CT molecular complexity index is 683. The second kappa shape index (κ2) is 6.38. The van der Waals surface area contributed by atoms with Crippen LogP contribution in [0.2, 0.25) is 0 Å². The fourth-order valence-electron chi connectivity index (χ4n) is 1.93. The molecule has 0 fully saturated rings. The number of carbonyl (C=O) groups excluding carboxylic acids is 1. The fourth-order valence-corrected chi connectivity index (χ4v) is 1.93. The molecule has 0 amide bonds. The number of methoxy groups -OCH3 is 1. The van der Waals surface area contributed by atoms with Gasteiger partial charge < -0.3 is 14.6 Å². The summed E-state index contributed by atoms with van der Waals surface area (Å²) in [6.07, 6.45) is -0.767. The summed E-state index contributed by atoms with van der Waals surface area (Å²) >= 11 is 0. The molecule has 1 N–H and O–H groups in total. The Labute approximate surface area is 128 Å². The molecule has 0 radical (unpaired) electrons. The van der Waals surface area contributed by atoms with Crippen LogP contribution in [-0.4, -0.2) is 39.2 Å². The second-order valence-electron chi connectivity index (χ2n) is 4.72. The summed E-state index contributed by atoms with van der Waals surface area (Å²) in [4.78, 5) is 23.8. The van der Waals surface area contributed by atoms with Gasteiger partial charge >= 0.3 is 5.97 Å². The number of rotatable bonds is 4. The van der Waals surface area contributed by atoms with Crippen LogP contribution in [-0.2, 0) is 9.53 Å². The minimum atomic E-state index is -0.767. The lowest BCUT2D eigenvalue weighted by Gasteiger charge is -2.13. The number of nitrogens with zero attached hydrogens (tertiary/aromatic N) is 3. The van der Waals surface area contributed by atoms with Gasteiger partial charge in [-0.3, -0.25) is 0 Å². The molecular formula is C15H17N3O4. The van der Waals surface area contributed by atoms with Gasteiger partial charge in [-0.05, 0) is 32.9 Å². The highest BCUT2D eigenvalue weighted by molar-refractivity contribution is 5.74. The maximum Gasteiger partial charge on any atom is 0.346 e. The summed E-state index contributed by atoms with van der Waals surface area (Å²) in [7, 11) is 1.29. The van der Waals surface area contributed by atoms with Crippen molar-refractivity contribution in [1.82, 2.24) is 15.0 Å². The van der Waals surface area contributed by atoms with Gasteiger partial charge in [-0.1, -0.05) is 0 Å². The molecule has 1 aromatic carbocycles. The number of aromatic hydroxyl groups is 1. The predicted molar refractivity (Wildman–Crippen MR) is 78.5 cm³/mol. The van der Waals surface area contributed by atoms with Gasteiger partial charge in [0.2, 0.25) is 0 Å². The van der Waals surface area contributed by atoms with Crippen molar-refractivity contribution in [3.05, 3.63) is 29.8 Å². The van der Waals surface area contributed by atoms with E-state index in [0.29, 0.717) is 28.8 Å². The number of phenolic OH excluding ortho intramolecular Hbond substituents is 1. The van der Waals surface area contributed by atoms with E-state index in [-0.39, 0.29) is 5.75 Å². The molecule has 116 valence electrons. The largest absolute Gasteiger partial charge is 0.507 e. The van der Waals surface area contributed by atoms with Crippen LogP contribution in [0.3, 0.4) is 0 Å². The first-order chi connectivity index (χ1) is 10.4. The number of aryl methyl sites for hydroxylation is 2. The lowest BCUT2D eigenvalue weighted by molar-refractivity contribution is -0.147. The Morgan fingerprint density at radius 2 is 1.82 bits per heavy atom. The molecule has 1 unspecified atom stereocenters. The number of hydrogen-bond donors (Lipinski definition) is 1. The van der Waals surface area contributed by atoms with E-state index in [1.807, 2.05) is 0 Å². The SMILES string of the molecule is COC(=O)C(C)Oc1ccc(-c2nc(C)nc(C)n2)c(O)c1. The molecule has 0 aliphatic rings. The number of phenols is 1. The van der Waals surface area contributed by atoms with Crippen LogP contribution in [0, 0.1) is 13.8 Å². The number of aromatic nitrogens is 3. The third-order valence-electron chi connectivity index (χ3n) is 2.92. The highest BCUT2D eigenvalue weighted by Crippen LogP contribution is 2.30. The number of carbonyl (C=O) groups is 1. The molecule has 7 nitrogen and oxygen atoms in total. The van der Waals surface area contributed by atoms with E-state index in [2.05, 4.69) is 19.7 Å². The van der Waals surface area contributed by atoms with Gasteiger partial charge in [0.05, 0.1) is 12.7 Å². The van der Waals surface area contributed by atoms with Crippen LogP contribution in [0.25, 0.3) is 11.4 Å². The van der Waals surface area contributed by atoms with Gasteiger partial charge in [0.25, 0.3) is 0 Å². The third kappa shape index (κ3) is 3.49. The van der Waals surface area contributed by atoms with Crippen LogP contribution in [0.15, 0.2) is 18.2 Å². The average molecular weight is 303 g/mol. The topological polar surface area (TPSA) is 94.4 Å². The third-order valence-corrected chi connectivity index (χ3v) is 2.92. The first-order valence-electron chi connectivity index (χ1n) is 6.68. The van der Waals surface area contributed by atoms with E-state index in [1.165, 1.54) is 13.2 Å². The van der Waals surface area contributed by atoms with E-state index in [9.17, 15) is 9.90 Å². The molecule has 0 bridgehead atoms. The second-order valence-corrected chi connectivity index (χ2v) is 4.72. The number of hydrogen-bond acceptors (Lipinski definition) is 7. The lowest BCUT2D eigenvalue weighted by atomic mass is 10.1. The lowest BCUT2D eigenvalue weighted by Crippen LogP contribution is -2.24. The van der Waals surface area contributed by atoms with Gasteiger partial charge in [-0.25, -0.2) is 19.7 Å². The van der Waals surface area contributed by atoms with Crippen LogP contribution in [0.1, 0.15) is 18.6 Å². The van der Waals surface area contributed by atoms with Crippen LogP contribution in [0.4, 0.5) is 0 Å². The summed E-state index contributed by atoms with van der Waals surface area (Å²) in [5.41, 5.74) is 0.465. The maximum absolute atomic E-state index is 11.3. The average Bonchev–Trinajstić information content (AvgIpc) is 2.45.